The summed E-state index contributed by atoms with van der Waals surface area (Å²) in [5, 5.41) is 0.835. The lowest BCUT2D eigenvalue weighted by Gasteiger charge is -2.16. The number of amides is 1. The Morgan fingerprint density at radius 2 is 2.05 bits per heavy atom. The fraction of sp³-hybridized carbons (Fsp3) is 0.333. The minimum Gasteiger partial charge on any atom is -0.341 e. The summed E-state index contributed by atoms with van der Waals surface area (Å²) in [5.41, 5.74) is 0.984. The molecule has 2 aromatic rings. The second-order valence-electron chi connectivity index (χ2n) is 5.41. The molecule has 22 heavy (non-hydrogen) atoms. The van der Waals surface area contributed by atoms with Crippen LogP contribution in [0.5, 0.6) is 0 Å². The molecular formula is C15H15FN2O3S. The molecule has 0 saturated carbocycles. The maximum atomic E-state index is 13.0. The molecule has 1 saturated heterocycles. The fourth-order valence-electron chi connectivity index (χ4n) is 2.77. The molecule has 0 radical (unpaired) electrons. The monoisotopic (exact) mass is 322 g/mol. The van der Waals surface area contributed by atoms with Crippen molar-refractivity contribution in [2.45, 2.75) is 18.1 Å². The van der Waals surface area contributed by atoms with E-state index in [1.807, 2.05) is 24.3 Å². The molecule has 116 valence electrons. The van der Waals surface area contributed by atoms with E-state index in [0.29, 0.717) is 13.0 Å². The fourth-order valence-corrected chi connectivity index (χ4v) is 3.47. The summed E-state index contributed by atoms with van der Waals surface area (Å²) in [7, 11) is -4.66. The van der Waals surface area contributed by atoms with Gasteiger partial charge in [0.25, 0.3) is 0 Å². The first-order valence-electron chi connectivity index (χ1n) is 6.98. The topological polar surface area (TPSA) is 67.3 Å². The van der Waals surface area contributed by atoms with Crippen LogP contribution in [0.15, 0.2) is 36.7 Å². The van der Waals surface area contributed by atoms with E-state index < -0.39 is 15.5 Å². The Hall–Kier alpha value is -2.02. The summed E-state index contributed by atoms with van der Waals surface area (Å²) in [4.78, 5) is 17.4. The maximum Gasteiger partial charge on any atom is 0.307 e. The molecule has 1 fully saturated rings. The van der Waals surface area contributed by atoms with Crippen LogP contribution in [-0.2, 0) is 21.4 Å². The molecule has 3 rings (SSSR count). The van der Waals surface area contributed by atoms with Crippen LogP contribution in [0.2, 0.25) is 0 Å². The molecule has 1 aliphatic heterocycles. The molecule has 1 atom stereocenters. The first kappa shape index (κ1) is 14.9. The highest BCUT2D eigenvalue weighted by Crippen LogP contribution is 2.22. The summed E-state index contributed by atoms with van der Waals surface area (Å²) in [6.07, 6.45) is 3.80. The van der Waals surface area contributed by atoms with E-state index in [1.54, 1.807) is 12.4 Å². The van der Waals surface area contributed by atoms with Crippen LogP contribution in [0.4, 0.5) is 3.89 Å². The zero-order valence-corrected chi connectivity index (χ0v) is 12.6. The van der Waals surface area contributed by atoms with Gasteiger partial charge >= 0.3 is 10.2 Å². The van der Waals surface area contributed by atoms with Gasteiger partial charge in [-0.15, -0.1) is 3.89 Å². The zero-order valence-electron chi connectivity index (χ0n) is 11.8. The minimum absolute atomic E-state index is 0.0736. The van der Waals surface area contributed by atoms with Gasteiger partial charge in [0.05, 0.1) is 0 Å². The molecule has 2 heterocycles. The first-order chi connectivity index (χ1) is 10.4. The van der Waals surface area contributed by atoms with E-state index in [9.17, 15) is 17.1 Å². The van der Waals surface area contributed by atoms with Crippen molar-refractivity contribution in [3.05, 3.63) is 42.2 Å². The van der Waals surface area contributed by atoms with Crippen LogP contribution in [0.3, 0.4) is 0 Å². The Balaban J connectivity index is 1.74. The SMILES string of the molecule is O=C1CC(S(=O)(=O)F)CN1CCc1cncc2ccccc12. The van der Waals surface area contributed by atoms with Crippen LogP contribution in [-0.4, -0.2) is 42.5 Å². The highest BCUT2D eigenvalue weighted by atomic mass is 32.3. The van der Waals surface area contributed by atoms with Crippen LogP contribution in [0.1, 0.15) is 12.0 Å². The molecule has 1 amide bonds. The summed E-state index contributed by atoms with van der Waals surface area (Å²) in [6.45, 7) is 0.288. The average Bonchev–Trinajstić information content (AvgIpc) is 2.86. The van der Waals surface area contributed by atoms with Crippen molar-refractivity contribution in [3.63, 3.8) is 0 Å². The molecule has 1 unspecified atom stereocenters. The van der Waals surface area contributed by atoms with Crippen molar-refractivity contribution in [2.24, 2.45) is 0 Å². The van der Waals surface area contributed by atoms with Crippen molar-refractivity contribution in [2.75, 3.05) is 13.1 Å². The van der Waals surface area contributed by atoms with Gasteiger partial charge in [0, 0.05) is 37.3 Å². The van der Waals surface area contributed by atoms with E-state index in [-0.39, 0.29) is 18.9 Å². The predicted octanol–water partition coefficient (Wildman–Crippen LogP) is 1.68. The number of pyridine rings is 1. The van der Waals surface area contributed by atoms with Crippen molar-refractivity contribution < 1.29 is 17.1 Å². The number of halogens is 1. The van der Waals surface area contributed by atoms with Gasteiger partial charge in [0.2, 0.25) is 5.91 Å². The van der Waals surface area contributed by atoms with Gasteiger partial charge in [-0.3, -0.25) is 9.78 Å². The lowest BCUT2D eigenvalue weighted by Crippen LogP contribution is -2.29. The standard InChI is InChI=1S/C15H15FN2O3S/c16-22(20,21)13-7-15(19)18(10-13)6-5-12-9-17-8-11-3-1-2-4-14(11)12/h1-4,8-9,13H,5-7,10H2. The maximum absolute atomic E-state index is 13.0. The highest BCUT2D eigenvalue weighted by Gasteiger charge is 2.38. The quantitative estimate of drug-likeness (QED) is 0.803. The number of likely N-dealkylation sites (tertiary alicyclic amines) is 1. The molecule has 7 heteroatoms. The number of benzene rings is 1. The molecule has 0 bridgehead atoms. The van der Waals surface area contributed by atoms with Gasteiger partial charge in [-0.25, -0.2) is 0 Å². The van der Waals surface area contributed by atoms with E-state index in [0.717, 1.165) is 16.3 Å². The second kappa shape index (κ2) is 5.64. The van der Waals surface area contributed by atoms with Gasteiger partial charge in [0.1, 0.15) is 5.25 Å². The number of aromatic nitrogens is 1. The predicted molar refractivity (Wildman–Crippen MR) is 80.5 cm³/mol. The molecule has 0 spiro atoms. The first-order valence-corrected chi connectivity index (χ1v) is 8.42. The van der Waals surface area contributed by atoms with Crippen molar-refractivity contribution in [1.82, 2.24) is 9.88 Å². The molecule has 1 aromatic heterocycles. The highest BCUT2D eigenvalue weighted by molar-refractivity contribution is 7.87. The number of nitrogens with zero attached hydrogens (tertiary/aromatic N) is 2. The molecule has 5 nitrogen and oxygen atoms in total. The Kier molecular flexibility index (Phi) is 3.82. The lowest BCUT2D eigenvalue weighted by atomic mass is 10.1. The lowest BCUT2D eigenvalue weighted by molar-refractivity contribution is -0.127. The normalized spacial score (nSPS) is 19.0. The molecule has 1 aliphatic rings. The molecule has 1 aromatic carbocycles. The number of carbonyl (C=O) groups is 1. The van der Waals surface area contributed by atoms with E-state index in [4.69, 9.17) is 0 Å². The molecule has 0 aliphatic carbocycles. The minimum atomic E-state index is -4.66. The Labute approximate surface area is 128 Å². The summed E-state index contributed by atoms with van der Waals surface area (Å²) < 4.78 is 34.8. The van der Waals surface area contributed by atoms with Crippen molar-refractivity contribution in [1.29, 1.82) is 0 Å². The van der Waals surface area contributed by atoms with Gasteiger partial charge < -0.3 is 4.90 Å². The third-order valence-corrected chi connectivity index (χ3v) is 5.09. The average molecular weight is 322 g/mol. The van der Waals surface area contributed by atoms with Crippen molar-refractivity contribution in [3.8, 4) is 0 Å². The Morgan fingerprint density at radius 3 is 2.77 bits per heavy atom. The van der Waals surface area contributed by atoms with Crippen LogP contribution in [0.25, 0.3) is 10.8 Å². The second-order valence-corrected chi connectivity index (χ2v) is 7.03. The molecular weight excluding hydrogens is 307 g/mol. The number of hydrogen-bond donors (Lipinski definition) is 0. The van der Waals surface area contributed by atoms with Gasteiger partial charge in [0.15, 0.2) is 0 Å². The summed E-state index contributed by atoms with van der Waals surface area (Å²) in [6, 6.07) is 7.79. The summed E-state index contributed by atoms with van der Waals surface area (Å²) >= 11 is 0. The van der Waals surface area contributed by atoms with E-state index in [1.165, 1.54) is 4.90 Å². The van der Waals surface area contributed by atoms with Crippen molar-refractivity contribution >= 4 is 26.9 Å². The largest absolute Gasteiger partial charge is 0.341 e. The number of rotatable bonds is 4. The Bertz CT molecular complexity index is 817. The number of carbonyl (C=O) groups excluding carboxylic acids is 1. The van der Waals surface area contributed by atoms with Crippen LogP contribution in [0, 0.1) is 0 Å². The van der Waals surface area contributed by atoms with Gasteiger partial charge in [-0.2, -0.15) is 8.42 Å². The van der Waals surface area contributed by atoms with Gasteiger partial charge in [-0.05, 0) is 17.4 Å². The number of fused-ring (bicyclic) bond motifs is 1. The summed E-state index contributed by atoms with van der Waals surface area (Å²) in [5.74, 6) is -0.320. The molecule has 0 N–H and O–H groups in total. The third-order valence-electron chi connectivity index (χ3n) is 3.98. The van der Waals surface area contributed by atoms with E-state index >= 15 is 0 Å². The third kappa shape index (κ3) is 2.94. The Morgan fingerprint density at radius 1 is 1.27 bits per heavy atom. The van der Waals surface area contributed by atoms with E-state index in [2.05, 4.69) is 4.98 Å². The smallest absolute Gasteiger partial charge is 0.307 e. The van der Waals surface area contributed by atoms with Crippen LogP contribution >= 0.6 is 0 Å². The van der Waals surface area contributed by atoms with Gasteiger partial charge in [-0.1, -0.05) is 24.3 Å². The van der Waals surface area contributed by atoms with Crippen LogP contribution < -0.4 is 0 Å². The zero-order chi connectivity index (χ0) is 15.7. The number of hydrogen-bond acceptors (Lipinski definition) is 4.